The number of imidazole rings is 1. The van der Waals surface area contributed by atoms with Gasteiger partial charge < -0.3 is 5.73 Å². The van der Waals surface area contributed by atoms with E-state index >= 15 is 0 Å². The molecular formula is C7H9N3S2. The zero-order valence-corrected chi connectivity index (χ0v) is 8.28. The summed E-state index contributed by atoms with van der Waals surface area (Å²) in [6.07, 6.45) is 5.90. The summed E-state index contributed by atoms with van der Waals surface area (Å²) in [6, 6.07) is 0. The fourth-order valence-corrected chi connectivity index (χ4v) is 2.71. The largest absolute Gasteiger partial charge is 0.326 e. The highest BCUT2D eigenvalue weighted by Gasteiger charge is 2.06. The lowest BCUT2D eigenvalue weighted by Gasteiger charge is -1.84. The number of thioether (sulfide) groups is 1. The fourth-order valence-electron chi connectivity index (χ4n) is 1.06. The Morgan fingerprint density at radius 2 is 2.58 bits per heavy atom. The first-order valence-corrected chi connectivity index (χ1v) is 5.58. The van der Waals surface area contributed by atoms with E-state index in [-0.39, 0.29) is 0 Å². The summed E-state index contributed by atoms with van der Waals surface area (Å²) in [5.41, 5.74) is 5.53. The van der Waals surface area contributed by atoms with Crippen LogP contribution < -0.4 is 5.73 Å². The molecule has 0 aliphatic heterocycles. The first-order chi connectivity index (χ1) is 5.85. The van der Waals surface area contributed by atoms with E-state index in [2.05, 4.69) is 4.98 Å². The van der Waals surface area contributed by atoms with E-state index in [9.17, 15) is 0 Å². The monoisotopic (exact) mass is 199 g/mol. The van der Waals surface area contributed by atoms with Crippen LogP contribution in [0.4, 0.5) is 0 Å². The van der Waals surface area contributed by atoms with Crippen molar-refractivity contribution in [2.24, 2.45) is 5.73 Å². The Bertz CT molecular complexity index is 390. The van der Waals surface area contributed by atoms with Crippen molar-refractivity contribution in [3.05, 3.63) is 17.4 Å². The van der Waals surface area contributed by atoms with Crippen LogP contribution in [0.1, 0.15) is 4.88 Å². The molecule has 0 aromatic carbocycles. The van der Waals surface area contributed by atoms with Gasteiger partial charge >= 0.3 is 0 Å². The van der Waals surface area contributed by atoms with E-state index in [1.54, 1.807) is 23.1 Å². The van der Waals surface area contributed by atoms with Crippen LogP contribution in [0, 0.1) is 0 Å². The summed E-state index contributed by atoms with van der Waals surface area (Å²) in [7, 11) is 0. The molecule has 2 aromatic rings. The van der Waals surface area contributed by atoms with Gasteiger partial charge in [0.25, 0.3) is 0 Å². The molecule has 2 aromatic heterocycles. The van der Waals surface area contributed by atoms with Gasteiger partial charge in [-0.05, 0) is 6.26 Å². The number of nitrogens with two attached hydrogens (primary N) is 1. The van der Waals surface area contributed by atoms with Crippen LogP contribution in [-0.4, -0.2) is 15.6 Å². The second kappa shape index (κ2) is 3.08. The van der Waals surface area contributed by atoms with Crippen molar-refractivity contribution < 1.29 is 0 Å². The van der Waals surface area contributed by atoms with Gasteiger partial charge in [0.2, 0.25) is 0 Å². The number of hydrogen-bond acceptors (Lipinski definition) is 4. The van der Waals surface area contributed by atoms with E-state index in [1.165, 1.54) is 9.71 Å². The van der Waals surface area contributed by atoms with Crippen LogP contribution in [-0.2, 0) is 6.54 Å². The summed E-state index contributed by atoms with van der Waals surface area (Å²) >= 11 is 3.38. The number of nitrogens with zero attached hydrogens (tertiary/aromatic N) is 2. The SMILES string of the molecule is CSc1ncn2cc(CN)sc12. The van der Waals surface area contributed by atoms with Gasteiger partial charge in [0.15, 0.2) is 0 Å². The summed E-state index contributed by atoms with van der Waals surface area (Å²) in [5.74, 6) is 0. The molecule has 0 radical (unpaired) electrons. The second-order valence-corrected chi connectivity index (χ2v) is 4.28. The highest BCUT2D eigenvalue weighted by molar-refractivity contribution is 7.98. The van der Waals surface area contributed by atoms with E-state index in [4.69, 9.17) is 5.73 Å². The molecule has 0 saturated heterocycles. The first-order valence-electron chi connectivity index (χ1n) is 3.54. The lowest BCUT2D eigenvalue weighted by molar-refractivity contribution is 1.07. The molecule has 5 heteroatoms. The van der Waals surface area contributed by atoms with Crippen LogP contribution in [0.15, 0.2) is 17.6 Å². The zero-order chi connectivity index (χ0) is 8.55. The molecular weight excluding hydrogens is 190 g/mol. The molecule has 0 amide bonds. The van der Waals surface area contributed by atoms with E-state index in [0.717, 1.165) is 5.03 Å². The first kappa shape index (κ1) is 8.10. The van der Waals surface area contributed by atoms with E-state index in [0.29, 0.717) is 6.54 Å². The predicted molar refractivity (Wildman–Crippen MR) is 52.7 cm³/mol. The third-order valence-electron chi connectivity index (χ3n) is 1.62. The lowest BCUT2D eigenvalue weighted by atomic mass is 10.6. The molecule has 3 nitrogen and oxygen atoms in total. The molecule has 0 spiro atoms. The second-order valence-electron chi connectivity index (χ2n) is 2.37. The maximum atomic E-state index is 5.53. The molecule has 0 aliphatic carbocycles. The summed E-state index contributed by atoms with van der Waals surface area (Å²) < 4.78 is 2.03. The fraction of sp³-hybridized carbons (Fsp3) is 0.286. The summed E-state index contributed by atoms with van der Waals surface area (Å²) in [6.45, 7) is 0.611. The van der Waals surface area contributed by atoms with Crippen molar-refractivity contribution >= 4 is 27.9 Å². The summed E-state index contributed by atoms with van der Waals surface area (Å²) in [5, 5.41) is 1.08. The van der Waals surface area contributed by atoms with Gasteiger partial charge in [-0.2, -0.15) is 0 Å². The van der Waals surface area contributed by atoms with E-state index < -0.39 is 0 Å². The molecule has 0 saturated carbocycles. The number of thiazole rings is 1. The maximum absolute atomic E-state index is 5.53. The standard InChI is InChI=1S/C7H9N3S2/c1-11-6-7-10(4-9-6)3-5(2-8)12-7/h3-4H,2,8H2,1H3. The molecule has 0 atom stereocenters. The molecule has 0 fully saturated rings. The molecule has 0 unspecified atom stereocenters. The van der Waals surface area contributed by atoms with Crippen LogP contribution in [0.25, 0.3) is 4.83 Å². The van der Waals surface area contributed by atoms with Gasteiger partial charge in [-0.3, -0.25) is 4.40 Å². The highest BCUT2D eigenvalue weighted by Crippen LogP contribution is 2.26. The Balaban J connectivity index is 2.60. The molecule has 2 heterocycles. The number of fused-ring (bicyclic) bond motifs is 1. The summed E-state index contributed by atoms with van der Waals surface area (Å²) in [4.78, 5) is 6.64. The molecule has 64 valence electrons. The van der Waals surface area contributed by atoms with Crippen molar-refractivity contribution in [3.8, 4) is 0 Å². The van der Waals surface area contributed by atoms with Crippen LogP contribution in [0.5, 0.6) is 0 Å². The normalized spacial score (nSPS) is 11.2. The van der Waals surface area contributed by atoms with Crippen LogP contribution >= 0.6 is 23.1 Å². The molecule has 0 bridgehead atoms. The van der Waals surface area contributed by atoms with Gasteiger partial charge in [-0.25, -0.2) is 4.98 Å². The Hall–Kier alpha value is -0.520. The minimum atomic E-state index is 0.611. The Kier molecular flexibility index (Phi) is 2.08. The maximum Gasteiger partial charge on any atom is 0.133 e. The number of rotatable bonds is 2. The van der Waals surface area contributed by atoms with Crippen molar-refractivity contribution in [1.29, 1.82) is 0 Å². The minimum absolute atomic E-state index is 0.611. The Morgan fingerprint density at radius 3 is 3.25 bits per heavy atom. The predicted octanol–water partition coefficient (Wildman–Crippen LogP) is 1.58. The van der Waals surface area contributed by atoms with E-state index in [1.807, 2.05) is 23.2 Å². The lowest BCUT2D eigenvalue weighted by Crippen LogP contribution is -1.91. The molecule has 2 rings (SSSR count). The highest BCUT2D eigenvalue weighted by atomic mass is 32.2. The smallest absolute Gasteiger partial charge is 0.133 e. The van der Waals surface area contributed by atoms with Crippen molar-refractivity contribution in [2.45, 2.75) is 11.6 Å². The Labute approximate surface area is 78.6 Å². The average Bonchev–Trinajstić information content (AvgIpc) is 2.61. The van der Waals surface area contributed by atoms with Gasteiger partial charge in [0, 0.05) is 17.6 Å². The molecule has 2 N–H and O–H groups in total. The topological polar surface area (TPSA) is 43.3 Å². The Morgan fingerprint density at radius 1 is 1.75 bits per heavy atom. The quantitative estimate of drug-likeness (QED) is 0.747. The van der Waals surface area contributed by atoms with Gasteiger partial charge in [0.05, 0.1) is 0 Å². The minimum Gasteiger partial charge on any atom is -0.326 e. The van der Waals surface area contributed by atoms with Crippen LogP contribution in [0.3, 0.4) is 0 Å². The van der Waals surface area contributed by atoms with Gasteiger partial charge in [-0.1, -0.05) is 0 Å². The molecule has 0 aliphatic rings. The van der Waals surface area contributed by atoms with Crippen molar-refractivity contribution in [2.75, 3.05) is 6.26 Å². The average molecular weight is 199 g/mol. The zero-order valence-electron chi connectivity index (χ0n) is 6.65. The van der Waals surface area contributed by atoms with Crippen molar-refractivity contribution in [1.82, 2.24) is 9.38 Å². The number of aromatic nitrogens is 2. The third-order valence-corrected chi connectivity index (χ3v) is 3.57. The van der Waals surface area contributed by atoms with Gasteiger partial charge in [0.1, 0.15) is 16.2 Å². The van der Waals surface area contributed by atoms with Gasteiger partial charge in [-0.15, -0.1) is 23.1 Å². The molecule has 12 heavy (non-hydrogen) atoms. The third kappa shape index (κ3) is 1.14. The van der Waals surface area contributed by atoms with Crippen molar-refractivity contribution in [3.63, 3.8) is 0 Å². The van der Waals surface area contributed by atoms with Crippen LogP contribution in [0.2, 0.25) is 0 Å². The number of hydrogen-bond donors (Lipinski definition) is 1.